The summed E-state index contributed by atoms with van der Waals surface area (Å²) in [6.45, 7) is 2.54. The highest BCUT2D eigenvalue weighted by Crippen LogP contribution is 2.23. The zero-order chi connectivity index (χ0) is 18.8. The zero-order valence-electron chi connectivity index (χ0n) is 15.3. The number of benzene rings is 3. The Bertz CT molecular complexity index is 989. The predicted octanol–water partition coefficient (Wildman–Crippen LogP) is 3.61. The molecule has 0 aromatic heterocycles. The Morgan fingerprint density at radius 3 is 2.59 bits per heavy atom. The van der Waals surface area contributed by atoms with Crippen molar-refractivity contribution in [2.75, 3.05) is 11.4 Å². The summed E-state index contributed by atoms with van der Waals surface area (Å²) in [6.07, 6.45) is 0.658. The maximum Gasteiger partial charge on any atom is 0.229 e. The van der Waals surface area contributed by atoms with Crippen LogP contribution >= 0.6 is 0 Å². The summed E-state index contributed by atoms with van der Waals surface area (Å²) in [6, 6.07) is 21.8. The van der Waals surface area contributed by atoms with E-state index in [1.807, 2.05) is 73.7 Å². The van der Waals surface area contributed by atoms with Gasteiger partial charge in [-0.25, -0.2) is 0 Å². The Morgan fingerprint density at radius 2 is 1.78 bits per heavy atom. The van der Waals surface area contributed by atoms with Gasteiger partial charge >= 0.3 is 0 Å². The average Bonchev–Trinajstić information content (AvgIpc) is 3.02. The van der Waals surface area contributed by atoms with Crippen LogP contribution in [0.4, 0.5) is 5.69 Å². The summed E-state index contributed by atoms with van der Waals surface area (Å²) in [5, 5.41) is 5.26. The largest absolute Gasteiger partial charge is 0.351 e. The van der Waals surface area contributed by atoms with Gasteiger partial charge < -0.3 is 10.2 Å². The van der Waals surface area contributed by atoms with Gasteiger partial charge in [-0.05, 0) is 35.4 Å². The van der Waals surface area contributed by atoms with E-state index in [9.17, 15) is 9.59 Å². The van der Waals surface area contributed by atoms with Gasteiger partial charge in [-0.3, -0.25) is 9.59 Å². The predicted molar refractivity (Wildman–Crippen MR) is 108 cm³/mol. The normalized spacial score (nSPS) is 16.7. The van der Waals surface area contributed by atoms with Gasteiger partial charge in [-0.2, -0.15) is 0 Å². The first-order chi connectivity index (χ1) is 13.1. The van der Waals surface area contributed by atoms with E-state index in [4.69, 9.17) is 0 Å². The van der Waals surface area contributed by atoms with E-state index < -0.39 is 0 Å². The van der Waals surface area contributed by atoms with E-state index in [0.717, 1.165) is 27.6 Å². The van der Waals surface area contributed by atoms with Crippen molar-refractivity contribution in [2.45, 2.75) is 25.8 Å². The minimum atomic E-state index is -0.152. The number of carbonyl (C=O) groups is 2. The molecule has 27 heavy (non-hydrogen) atoms. The lowest BCUT2D eigenvalue weighted by Gasteiger charge is -2.17. The van der Waals surface area contributed by atoms with Crippen LogP contribution in [0.3, 0.4) is 0 Å². The molecule has 0 aliphatic carbocycles. The minimum absolute atomic E-state index is 0.0464. The van der Waals surface area contributed by atoms with Gasteiger partial charge in [0.1, 0.15) is 0 Å². The number of amides is 2. The van der Waals surface area contributed by atoms with Crippen LogP contribution in [0.5, 0.6) is 0 Å². The lowest BCUT2D eigenvalue weighted by atomic mass is 10.0. The summed E-state index contributed by atoms with van der Waals surface area (Å²) < 4.78 is 0. The van der Waals surface area contributed by atoms with E-state index in [2.05, 4.69) is 5.32 Å². The maximum atomic E-state index is 12.6. The van der Waals surface area contributed by atoms with Crippen molar-refractivity contribution in [2.24, 2.45) is 0 Å². The molecule has 1 saturated heterocycles. The van der Waals surface area contributed by atoms with Crippen LogP contribution in [0, 0.1) is 6.92 Å². The van der Waals surface area contributed by atoms with Crippen LogP contribution in [0.15, 0.2) is 66.7 Å². The van der Waals surface area contributed by atoms with Crippen LogP contribution in [-0.2, 0) is 16.0 Å². The fraction of sp³-hybridized carbons (Fsp3) is 0.217. The van der Waals surface area contributed by atoms with Crippen LogP contribution in [0.25, 0.3) is 10.8 Å². The Balaban J connectivity index is 1.43. The third kappa shape index (κ3) is 3.70. The van der Waals surface area contributed by atoms with Crippen molar-refractivity contribution in [3.05, 3.63) is 77.9 Å². The fourth-order valence-electron chi connectivity index (χ4n) is 3.68. The molecule has 136 valence electrons. The van der Waals surface area contributed by atoms with Crippen LogP contribution in [-0.4, -0.2) is 24.4 Å². The van der Waals surface area contributed by atoms with Gasteiger partial charge in [0.2, 0.25) is 11.8 Å². The molecule has 2 amide bonds. The molecule has 4 nitrogen and oxygen atoms in total. The lowest BCUT2D eigenvalue weighted by molar-refractivity contribution is -0.121. The number of hydrogen-bond acceptors (Lipinski definition) is 2. The first kappa shape index (κ1) is 17.3. The van der Waals surface area contributed by atoms with Crippen molar-refractivity contribution in [3.8, 4) is 0 Å². The second-order valence-electron chi connectivity index (χ2n) is 7.12. The molecular weight excluding hydrogens is 336 g/mol. The van der Waals surface area contributed by atoms with Gasteiger partial charge in [0, 0.05) is 18.7 Å². The molecule has 1 heterocycles. The smallest absolute Gasteiger partial charge is 0.229 e. The molecule has 1 N–H and O–H groups in total. The second-order valence-corrected chi connectivity index (χ2v) is 7.12. The van der Waals surface area contributed by atoms with Crippen molar-refractivity contribution in [3.63, 3.8) is 0 Å². The number of carbonyl (C=O) groups excluding carboxylic acids is 2. The lowest BCUT2D eigenvalue weighted by Crippen LogP contribution is -2.38. The summed E-state index contributed by atoms with van der Waals surface area (Å²) in [7, 11) is 0. The van der Waals surface area contributed by atoms with Gasteiger partial charge in [-0.1, -0.05) is 60.2 Å². The van der Waals surface area contributed by atoms with Crippen molar-refractivity contribution in [1.82, 2.24) is 5.32 Å². The molecule has 4 rings (SSSR count). The summed E-state index contributed by atoms with van der Waals surface area (Å²) in [5.74, 6) is 0.00391. The first-order valence-electron chi connectivity index (χ1n) is 9.23. The van der Waals surface area contributed by atoms with Crippen LogP contribution < -0.4 is 10.2 Å². The topological polar surface area (TPSA) is 49.4 Å². The van der Waals surface area contributed by atoms with E-state index in [0.29, 0.717) is 19.4 Å². The number of fused-ring (bicyclic) bond motifs is 1. The highest BCUT2D eigenvalue weighted by Gasteiger charge is 2.31. The molecule has 0 bridgehead atoms. The summed E-state index contributed by atoms with van der Waals surface area (Å²) in [4.78, 5) is 26.7. The summed E-state index contributed by atoms with van der Waals surface area (Å²) in [5.41, 5.74) is 3.05. The van der Waals surface area contributed by atoms with Crippen LogP contribution in [0.1, 0.15) is 17.5 Å². The van der Waals surface area contributed by atoms with Crippen molar-refractivity contribution >= 4 is 28.3 Å². The van der Waals surface area contributed by atoms with Crippen LogP contribution in [0.2, 0.25) is 0 Å². The average molecular weight is 358 g/mol. The van der Waals surface area contributed by atoms with Crippen molar-refractivity contribution < 1.29 is 9.59 Å². The number of rotatable bonds is 4. The monoisotopic (exact) mass is 358 g/mol. The number of aryl methyl sites for hydroxylation is 1. The van der Waals surface area contributed by atoms with Gasteiger partial charge in [0.05, 0.1) is 12.5 Å². The Morgan fingerprint density at radius 1 is 1.04 bits per heavy atom. The molecule has 4 heteroatoms. The molecule has 0 spiro atoms. The molecule has 3 aromatic rings. The maximum absolute atomic E-state index is 12.6. The van der Waals surface area contributed by atoms with E-state index in [1.54, 1.807) is 4.90 Å². The Labute approximate surface area is 158 Å². The third-order valence-electron chi connectivity index (χ3n) is 5.07. The minimum Gasteiger partial charge on any atom is -0.351 e. The van der Waals surface area contributed by atoms with E-state index in [1.165, 1.54) is 0 Å². The number of nitrogens with zero attached hydrogens (tertiary/aromatic N) is 1. The van der Waals surface area contributed by atoms with Gasteiger partial charge in [-0.15, -0.1) is 0 Å². The molecule has 0 radical (unpaired) electrons. The first-order valence-corrected chi connectivity index (χ1v) is 9.23. The molecule has 1 fully saturated rings. The quantitative estimate of drug-likeness (QED) is 0.774. The highest BCUT2D eigenvalue weighted by atomic mass is 16.2. The molecule has 0 saturated carbocycles. The molecule has 1 atom stereocenters. The van der Waals surface area contributed by atoms with Crippen molar-refractivity contribution in [1.29, 1.82) is 0 Å². The van der Waals surface area contributed by atoms with E-state index >= 15 is 0 Å². The SMILES string of the molecule is Cc1ccc(N2C[C@H](NC(=O)Cc3cccc4ccccc34)CC2=O)cc1. The molecule has 1 aliphatic heterocycles. The number of nitrogens with one attached hydrogen (secondary N) is 1. The number of hydrogen-bond donors (Lipinski definition) is 1. The molecule has 1 aliphatic rings. The van der Waals surface area contributed by atoms with Gasteiger partial charge in [0.15, 0.2) is 0 Å². The number of anilines is 1. The second kappa shape index (κ2) is 7.23. The third-order valence-corrected chi connectivity index (χ3v) is 5.07. The molecular formula is C23H22N2O2. The fourth-order valence-corrected chi connectivity index (χ4v) is 3.68. The Kier molecular flexibility index (Phi) is 4.63. The standard InChI is InChI=1S/C23H22N2O2/c1-16-9-11-20(12-10-16)25-15-19(14-23(25)27)24-22(26)13-18-7-4-6-17-5-2-3-8-21(17)18/h2-12,19H,13-15H2,1H3,(H,24,26)/t19-/m1/s1. The zero-order valence-corrected chi connectivity index (χ0v) is 15.3. The molecule has 0 unspecified atom stereocenters. The van der Waals surface area contributed by atoms with Gasteiger partial charge in [0.25, 0.3) is 0 Å². The van der Waals surface area contributed by atoms with E-state index in [-0.39, 0.29) is 17.9 Å². The highest BCUT2D eigenvalue weighted by molar-refractivity contribution is 5.97. The Hall–Kier alpha value is -3.14. The summed E-state index contributed by atoms with van der Waals surface area (Å²) >= 11 is 0. The molecule has 3 aromatic carbocycles.